The first kappa shape index (κ1) is 8.83. The van der Waals surface area contributed by atoms with Crippen LogP contribution in [0.25, 0.3) is 0 Å². The lowest BCUT2D eigenvalue weighted by molar-refractivity contribution is 0.152. The van der Waals surface area contributed by atoms with Gasteiger partial charge < -0.3 is 4.74 Å². The summed E-state index contributed by atoms with van der Waals surface area (Å²) in [7, 11) is -1.17. The molecule has 1 aliphatic rings. The van der Waals surface area contributed by atoms with Crippen molar-refractivity contribution in [2.75, 3.05) is 6.61 Å². The largest absolute Gasteiger partial charge is 0.366 e. The van der Waals surface area contributed by atoms with Gasteiger partial charge in [0.25, 0.3) is 0 Å². The molecule has 1 fully saturated rings. The number of rotatable bonds is 0. The van der Waals surface area contributed by atoms with Crippen LogP contribution in [0.15, 0.2) is 0 Å². The molecule has 0 aliphatic carbocycles. The molecule has 0 amide bonds. The minimum absolute atomic E-state index is 0.252. The summed E-state index contributed by atoms with van der Waals surface area (Å²) in [5.74, 6) is 3.21. The Balaban J connectivity index is 2.42. The van der Waals surface area contributed by atoms with Gasteiger partial charge in [0, 0.05) is 6.61 Å². The lowest BCUT2D eigenvalue weighted by Gasteiger charge is -2.05. The van der Waals surface area contributed by atoms with Crippen LogP contribution in [0.4, 0.5) is 0 Å². The SMILES string of the molecule is C[Si](C)(C)C#CC1CCCO1. The van der Waals surface area contributed by atoms with E-state index in [4.69, 9.17) is 4.74 Å². The van der Waals surface area contributed by atoms with Crippen LogP contribution in [0.3, 0.4) is 0 Å². The van der Waals surface area contributed by atoms with Gasteiger partial charge in [-0.3, -0.25) is 0 Å². The Hall–Kier alpha value is -0.263. The topological polar surface area (TPSA) is 9.23 Å². The van der Waals surface area contributed by atoms with E-state index in [1.165, 1.54) is 6.42 Å². The highest BCUT2D eigenvalue weighted by Crippen LogP contribution is 2.10. The number of hydrogen-bond donors (Lipinski definition) is 0. The Kier molecular flexibility index (Phi) is 2.75. The zero-order valence-corrected chi connectivity index (χ0v) is 8.61. The van der Waals surface area contributed by atoms with Gasteiger partial charge >= 0.3 is 0 Å². The van der Waals surface area contributed by atoms with Gasteiger partial charge in [-0.2, -0.15) is 0 Å². The van der Waals surface area contributed by atoms with E-state index in [2.05, 4.69) is 31.1 Å². The maximum atomic E-state index is 5.40. The smallest absolute Gasteiger partial charge is 0.129 e. The molecule has 0 saturated carbocycles. The molecule has 1 saturated heterocycles. The van der Waals surface area contributed by atoms with Gasteiger partial charge in [-0.1, -0.05) is 25.6 Å². The molecular formula is C9H16OSi. The molecule has 0 radical (unpaired) electrons. The van der Waals surface area contributed by atoms with Crippen LogP contribution >= 0.6 is 0 Å². The molecule has 11 heavy (non-hydrogen) atoms. The van der Waals surface area contributed by atoms with Gasteiger partial charge in [0.2, 0.25) is 0 Å². The minimum atomic E-state index is -1.17. The lowest BCUT2D eigenvalue weighted by Crippen LogP contribution is -2.17. The van der Waals surface area contributed by atoms with Crippen molar-refractivity contribution >= 4 is 8.07 Å². The summed E-state index contributed by atoms with van der Waals surface area (Å²) in [5, 5.41) is 0. The van der Waals surface area contributed by atoms with Crippen LogP contribution in [0.5, 0.6) is 0 Å². The summed E-state index contributed by atoms with van der Waals surface area (Å²) in [6.45, 7) is 7.68. The third-order valence-corrected chi connectivity index (χ3v) is 2.43. The van der Waals surface area contributed by atoms with E-state index in [0.717, 1.165) is 13.0 Å². The Morgan fingerprint density at radius 3 is 2.55 bits per heavy atom. The van der Waals surface area contributed by atoms with Gasteiger partial charge in [0.1, 0.15) is 14.2 Å². The molecule has 1 rings (SSSR count). The van der Waals surface area contributed by atoms with Crippen LogP contribution < -0.4 is 0 Å². The summed E-state index contributed by atoms with van der Waals surface area (Å²) < 4.78 is 5.40. The fourth-order valence-electron chi connectivity index (χ4n) is 0.988. The number of hydrogen-bond acceptors (Lipinski definition) is 1. The first-order valence-corrected chi connectivity index (χ1v) is 7.72. The standard InChI is InChI=1S/C9H16OSi/c1-11(2,3)8-6-9-5-4-7-10-9/h9H,4-5,7H2,1-3H3. The van der Waals surface area contributed by atoms with E-state index in [1.54, 1.807) is 0 Å². The van der Waals surface area contributed by atoms with Crippen LogP contribution in [0, 0.1) is 11.5 Å². The Morgan fingerprint density at radius 1 is 1.36 bits per heavy atom. The van der Waals surface area contributed by atoms with Gasteiger partial charge in [-0.05, 0) is 12.8 Å². The van der Waals surface area contributed by atoms with Crippen molar-refractivity contribution in [1.29, 1.82) is 0 Å². The first-order chi connectivity index (χ1) is 5.08. The molecule has 1 unspecified atom stereocenters. The van der Waals surface area contributed by atoms with Gasteiger partial charge in [0.15, 0.2) is 0 Å². The quantitative estimate of drug-likeness (QED) is 0.397. The van der Waals surface area contributed by atoms with E-state index < -0.39 is 8.07 Å². The molecule has 0 spiro atoms. The third kappa shape index (κ3) is 3.59. The van der Waals surface area contributed by atoms with Crippen molar-refractivity contribution in [2.45, 2.75) is 38.6 Å². The molecule has 1 aliphatic heterocycles. The zero-order valence-electron chi connectivity index (χ0n) is 7.61. The van der Waals surface area contributed by atoms with Crippen molar-refractivity contribution in [2.24, 2.45) is 0 Å². The summed E-state index contributed by atoms with van der Waals surface area (Å²) in [5.41, 5.74) is 3.33. The molecular weight excluding hydrogens is 152 g/mol. The predicted octanol–water partition coefficient (Wildman–Crippen LogP) is 2.05. The molecule has 62 valence electrons. The van der Waals surface area contributed by atoms with Crippen LogP contribution in [-0.4, -0.2) is 20.8 Å². The summed E-state index contributed by atoms with van der Waals surface area (Å²) in [4.78, 5) is 0. The monoisotopic (exact) mass is 168 g/mol. The summed E-state index contributed by atoms with van der Waals surface area (Å²) >= 11 is 0. The van der Waals surface area contributed by atoms with E-state index in [1.807, 2.05) is 0 Å². The highest BCUT2D eigenvalue weighted by molar-refractivity contribution is 6.83. The molecule has 1 heterocycles. The van der Waals surface area contributed by atoms with Crippen molar-refractivity contribution in [3.8, 4) is 11.5 Å². The fourth-order valence-corrected chi connectivity index (χ4v) is 1.58. The highest BCUT2D eigenvalue weighted by atomic mass is 28.3. The Bertz CT molecular complexity index is 176. The van der Waals surface area contributed by atoms with Crippen LogP contribution in [0.2, 0.25) is 19.6 Å². The second-order valence-electron chi connectivity index (χ2n) is 4.02. The van der Waals surface area contributed by atoms with E-state index >= 15 is 0 Å². The van der Waals surface area contributed by atoms with Crippen molar-refractivity contribution in [1.82, 2.24) is 0 Å². The van der Waals surface area contributed by atoms with Crippen molar-refractivity contribution in [3.63, 3.8) is 0 Å². The van der Waals surface area contributed by atoms with E-state index in [9.17, 15) is 0 Å². The summed E-state index contributed by atoms with van der Waals surface area (Å²) in [6.07, 6.45) is 2.57. The number of ether oxygens (including phenoxy) is 1. The van der Waals surface area contributed by atoms with Crippen LogP contribution in [0.1, 0.15) is 12.8 Å². The first-order valence-electron chi connectivity index (χ1n) is 4.22. The van der Waals surface area contributed by atoms with Crippen molar-refractivity contribution < 1.29 is 4.74 Å². The zero-order chi connectivity index (χ0) is 8.32. The fraction of sp³-hybridized carbons (Fsp3) is 0.778. The van der Waals surface area contributed by atoms with Crippen LogP contribution in [-0.2, 0) is 4.74 Å². The van der Waals surface area contributed by atoms with E-state index in [-0.39, 0.29) is 6.10 Å². The Morgan fingerprint density at radius 2 is 2.09 bits per heavy atom. The molecule has 0 bridgehead atoms. The van der Waals surface area contributed by atoms with Gasteiger partial charge in [-0.15, -0.1) is 5.54 Å². The van der Waals surface area contributed by atoms with Gasteiger partial charge in [0.05, 0.1) is 0 Å². The maximum Gasteiger partial charge on any atom is 0.129 e. The molecule has 0 aromatic carbocycles. The molecule has 0 aromatic rings. The maximum absolute atomic E-state index is 5.40. The molecule has 1 nitrogen and oxygen atoms in total. The normalized spacial score (nSPS) is 24.5. The highest BCUT2D eigenvalue weighted by Gasteiger charge is 2.13. The second kappa shape index (κ2) is 3.42. The minimum Gasteiger partial charge on any atom is -0.366 e. The molecule has 0 aromatic heterocycles. The van der Waals surface area contributed by atoms with Crippen molar-refractivity contribution in [3.05, 3.63) is 0 Å². The predicted molar refractivity (Wildman–Crippen MR) is 50.1 cm³/mol. The third-order valence-electron chi connectivity index (χ3n) is 1.54. The molecule has 1 atom stereocenters. The van der Waals surface area contributed by atoms with E-state index in [0.29, 0.717) is 0 Å². The Labute approximate surface area is 70.1 Å². The lowest BCUT2D eigenvalue weighted by atomic mass is 10.2. The van der Waals surface area contributed by atoms with Gasteiger partial charge in [-0.25, -0.2) is 0 Å². The average molecular weight is 168 g/mol. The summed E-state index contributed by atoms with van der Waals surface area (Å²) in [6, 6.07) is 0. The second-order valence-corrected chi connectivity index (χ2v) is 8.77. The molecule has 0 N–H and O–H groups in total. The average Bonchev–Trinajstić information content (AvgIpc) is 2.32. The molecule has 2 heteroatoms.